The normalized spacial score (nSPS) is 13.1. The van der Waals surface area contributed by atoms with E-state index in [4.69, 9.17) is 27.9 Å². The number of hydrogen-bond acceptors (Lipinski definition) is 3. The lowest BCUT2D eigenvalue weighted by Gasteiger charge is -2.30. The summed E-state index contributed by atoms with van der Waals surface area (Å²) in [6.45, 7) is 0.312. The zero-order chi connectivity index (χ0) is 21.8. The van der Waals surface area contributed by atoms with E-state index in [2.05, 4.69) is 5.32 Å². The van der Waals surface area contributed by atoms with Crippen molar-refractivity contribution in [1.82, 2.24) is 0 Å². The molecule has 0 radical (unpaired) electrons. The molecule has 3 aromatic rings. The van der Waals surface area contributed by atoms with Gasteiger partial charge < -0.3 is 15.0 Å². The molecule has 0 unspecified atom stereocenters. The number of ether oxygens (including phenoxy) is 1. The van der Waals surface area contributed by atoms with Crippen LogP contribution in [0.2, 0.25) is 10.0 Å². The first kappa shape index (κ1) is 21.0. The molecule has 0 spiro atoms. The lowest BCUT2D eigenvalue weighted by molar-refractivity contribution is -0.121. The molecular weight excluding hydrogens is 435 g/mol. The molecular formula is C24H18Cl2N2O3. The van der Waals surface area contributed by atoms with Gasteiger partial charge in [-0.05, 0) is 59.7 Å². The maximum absolute atomic E-state index is 12.5. The first-order valence-electron chi connectivity index (χ1n) is 9.54. The average Bonchev–Trinajstić information content (AvgIpc) is 2.75. The molecule has 3 aromatic carbocycles. The molecule has 4 rings (SSSR count). The monoisotopic (exact) mass is 452 g/mol. The predicted octanol–water partition coefficient (Wildman–Crippen LogP) is 5.57. The van der Waals surface area contributed by atoms with Crippen LogP contribution < -0.4 is 15.0 Å². The molecule has 31 heavy (non-hydrogen) atoms. The Labute approximate surface area is 189 Å². The van der Waals surface area contributed by atoms with Gasteiger partial charge in [-0.1, -0.05) is 47.5 Å². The summed E-state index contributed by atoms with van der Waals surface area (Å²) in [4.78, 5) is 26.5. The van der Waals surface area contributed by atoms with Crippen LogP contribution in [0.4, 0.5) is 11.4 Å². The lowest BCUT2D eigenvalue weighted by Crippen LogP contribution is -2.38. The molecule has 7 heteroatoms. The number of benzene rings is 3. The number of carbonyl (C=O) groups excluding carboxylic acids is 2. The molecule has 0 saturated heterocycles. The van der Waals surface area contributed by atoms with Gasteiger partial charge in [0, 0.05) is 21.8 Å². The van der Waals surface area contributed by atoms with Crippen molar-refractivity contribution >= 4 is 52.5 Å². The van der Waals surface area contributed by atoms with Crippen LogP contribution >= 0.6 is 23.2 Å². The molecule has 1 aliphatic rings. The molecule has 2 amide bonds. The van der Waals surface area contributed by atoms with E-state index in [9.17, 15) is 9.59 Å². The van der Waals surface area contributed by atoms with Gasteiger partial charge in [-0.2, -0.15) is 0 Å². The van der Waals surface area contributed by atoms with Crippen LogP contribution in [0.25, 0.3) is 6.08 Å². The van der Waals surface area contributed by atoms with Crippen LogP contribution in [0, 0.1) is 0 Å². The summed E-state index contributed by atoms with van der Waals surface area (Å²) >= 11 is 11.9. The number of nitrogens with zero attached hydrogens (tertiary/aromatic N) is 1. The molecule has 0 saturated carbocycles. The summed E-state index contributed by atoms with van der Waals surface area (Å²) in [5, 5.41) is 4.05. The fraction of sp³-hybridized carbons (Fsp3) is 0.0833. The first-order chi connectivity index (χ1) is 15.0. The Bertz CT molecular complexity index is 1160. The molecule has 1 aliphatic heterocycles. The van der Waals surface area contributed by atoms with Crippen molar-refractivity contribution in [2.45, 2.75) is 6.54 Å². The van der Waals surface area contributed by atoms with Gasteiger partial charge in [0.2, 0.25) is 5.91 Å². The molecule has 0 bridgehead atoms. The predicted molar refractivity (Wildman–Crippen MR) is 124 cm³/mol. The van der Waals surface area contributed by atoms with Crippen molar-refractivity contribution in [2.75, 3.05) is 16.8 Å². The van der Waals surface area contributed by atoms with Crippen molar-refractivity contribution in [3.8, 4) is 5.75 Å². The second-order valence-corrected chi connectivity index (χ2v) is 7.83. The van der Waals surface area contributed by atoms with Gasteiger partial charge in [0.1, 0.15) is 5.75 Å². The topological polar surface area (TPSA) is 58.6 Å². The van der Waals surface area contributed by atoms with E-state index in [1.54, 1.807) is 47.4 Å². The molecule has 1 heterocycles. The van der Waals surface area contributed by atoms with Crippen molar-refractivity contribution in [3.05, 3.63) is 94.0 Å². The molecule has 156 valence electrons. The van der Waals surface area contributed by atoms with E-state index in [0.717, 1.165) is 11.1 Å². The van der Waals surface area contributed by atoms with Crippen LogP contribution in [0.1, 0.15) is 11.1 Å². The van der Waals surface area contributed by atoms with E-state index < -0.39 is 0 Å². The van der Waals surface area contributed by atoms with Gasteiger partial charge in [-0.3, -0.25) is 9.59 Å². The van der Waals surface area contributed by atoms with Crippen LogP contribution in [0.5, 0.6) is 5.75 Å². The van der Waals surface area contributed by atoms with E-state index in [0.29, 0.717) is 33.7 Å². The number of fused-ring (bicyclic) bond motifs is 1. The van der Waals surface area contributed by atoms with Gasteiger partial charge in [0.05, 0.1) is 12.2 Å². The minimum Gasteiger partial charge on any atom is -0.482 e. The Morgan fingerprint density at radius 3 is 2.61 bits per heavy atom. The van der Waals surface area contributed by atoms with Gasteiger partial charge in [0.25, 0.3) is 5.91 Å². The van der Waals surface area contributed by atoms with Crippen molar-refractivity contribution in [1.29, 1.82) is 0 Å². The summed E-state index contributed by atoms with van der Waals surface area (Å²) in [6.07, 6.45) is 3.14. The Morgan fingerprint density at radius 2 is 1.84 bits per heavy atom. The summed E-state index contributed by atoms with van der Waals surface area (Å²) in [5.41, 5.74) is 2.90. The maximum Gasteiger partial charge on any atom is 0.265 e. The average molecular weight is 453 g/mol. The van der Waals surface area contributed by atoms with Crippen molar-refractivity contribution < 1.29 is 14.3 Å². The fourth-order valence-corrected chi connectivity index (χ4v) is 3.54. The lowest BCUT2D eigenvalue weighted by atomic mass is 10.1. The molecule has 0 aliphatic carbocycles. The highest BCUT2D eigenvalue weighted by atomic mass is 35.5. The van der Waals surface area contributed by atoms with Gasteiger partial charge >= 0.3 is 0 Å². The van der Waals surface area contributed by atoms with E-state index in [1.165, 1.54) is 6.08 Å². The Hall–Kier alpha value is -3.28. The van der Waals surface area contributed by atoms with Gasteiger partial charge in [-0.25, -0.2) is 0 Å². The van der Waals surface area contributed by atoms with E-state index >= 15 is 0 Å². The second kappa shape index (κ2) is 9.25. The molecule has 1 N–H and O–H groups in total. The number of nitrogens with one attached hydrogen (secondary N) is 1. The van der Waals surface area contributed by atoms with Crippen LogP contribution in [-0.4, -0.2) is 18.4 Å². The summed E-state index contributed by atoms with van der Waals surface area (Å²) in [6, 6.07) is 19.7. The Morgan fingerprint density at radius 1 is 1.03 bits per heavy atom. The largest absolute Gasteiger partial charge is 0.482 e. The second-order valence-electron chi connectivity index (χ2n) is 6.96. The minimum absolute atomic E-state index is 0.0386. The highest BCUT2D eigenvalue weighted by Gasteiger charge is 2.26. The SMILES string of the molecule is O=C(/C=C/c1ccc(Cl)cc1)Nc1ccc2c(c1)N(Cc1cccc(Cl)c1)C(=O)CO2. The van der Waals surface area contributed by atoms with Gasteiger partial charge in [-0.15, -0.1) is 0 Å². The highest BCUT2D eigenvalue weighted by Crippen LogP contribution is 2.35. The summed E-state index contributed by atoms with van der Waals surface area (Å²) < 4.78 is 5.55. The zero-order valence-electron chi connectivity index (χ0n) is 16.3. The minimum atomic E-state index is -0.292. The van der Waals surface area contributed by atoms with Crippen molar-refractivity contribution in [2.24, 2.45) is 0 Å². The quantitative estimate of drug-likeness (QED) is 0.514. The van der Waals surface area contributed by atoms with Crippen LogP contribution in [0.15, 0.2) is 72.8 Å². The van der Waals surface area contributed by atoms with Gasteiger partial charge in [0.15, 0.2) is 6.61 Å². The van der Waals surface area contributed by atoms with E-state index in [1.807, 2.05) is 30.3 Å². The third-order valence-corrected chi connectivity index (χ3v) is 5.18. The molecule has 0 atom stereocenters. The fourth-order valence-electron chi connectivity index (χ4n) is 3.20. The third kappa shape index (κ3) is 5.26. The number of anilines is 2. The number of carbonyl (C=O) groups is 2. The molecule has 5 nitrogen and oxygen atoms in total. The number of hydrogen-bond donors (Lipinski definition) is 1. The van der Waals surface area contributed by atoms with Crippen LogP contribution in [-0.2, 0) is 16.1 Å². The maximum atomic E-state index is 12.5. The highest BCUT2D eigenvalue weighted by molar-refractivity contribution is 6.30. The van der Waals surface area contributed by atoms with E-state index in [-0.39, 0.29) is 18.4 Å². The number of rotatable bonds is 5. The molecule has 0 aromatic heterocycles. The first-order valence-corrected chi connectivity index (χ1v) is 10.3. The Balaban J connectivity index is 1.52. The molecule has 0 fully saturated rings. The Kier molecular flexibility index (Phi) is 6.26. The summed E-state index contributed by atoms with van der Waals surface area (Å²) in [7, 11) is 0. The number of halogens is 2. The standard InChI is InChI=1S/C24H18Cl2N2O3/c25-18-7-4-16(5-8-18)6-11-23(29)27-20-9-10-22-21(13-20)28(24(30)15-31-22)14-17-2-1-3-19(26)12-17/h1-13H,14-15H2,(H,27,29)/b11-6+. The van der Waals surface area contributed by atoms with Crippen LogP contribution in [0.3, 0.4) is 0 Å². The summed E-state index contributed by atoms with van der Waals surface area (Å²) in [5.74, 6) is 0.120. The third-order valence-electron chi connectivity index (χ3n) is 4.70. The van der Waals surface area contributed by atoms with Crippen molar-refractivity contribution in [3.63, 3.8) is 0 Å². The smallest absolute Gasteiger partial charge is 0.265 e. The number of amides is 2. The zero-order valence-corrected chi connectivity index (χ0v) is 17.9.